The highest BCUT2D eigenvalue weighted by Gasteiger charge is 2.03. The molecule has 0 saturated heterocycles. The first-order valence-corrected chi connectivity index (χ1v) is 7.24. The summed E-state index contributed by atoms with van der Waals surface area (Å²) in [6.07, 6.45) is 2.13. The third-order valence-corrected chi connectivity index (χ3v) is 2.79. The fourth-order valence-corrected chi connectivity index (χ4v) is 1.74. The molecule has 0 fully saturated rings. The van der Waals surface area contributed by atoms with Gasteiger partial charge < -0.3 is 14.8 Å². The van der Waals surface area contributed by atoms with Crippen LogP contribution < -0.4 is 14.8 Å². The van der Waals surface area contributed by atoms with Crippen molar-refractivity contribution >= 4 is 5.91 Å². The number of rotatable bonds is 9. The average molecular weight is 279 g/mol. The van der Waals surface area contributed by atoms with E-state index in [0.29, 0.717) is 24.8 Å². The fraction of sp³-hybridized carbons (Fsp3) is 0.562. The number of amides is 1. The molecule has 0 aliphatic heterocycles. The van der Waals surface area contributed by atoms with Crippen LogP contribution in [0.4, 0.5) is 0 Å². The predicted molar refractivity (Wildman–Crippen MR) is 80.2 cm³/mol. The molecule has 0 unspecified atom stereocenters. The minimum atomic E-state index is -0.0809. The lowest BCUT2D eigenvalue weighted by atomic mass is 10.1. The lowest BCUT2D eigenvalue weighted by Gasteiger charge is -2.09. The Kier molecular flexibility index (Phi) is 7.55. The summed E-state index contributed by atoms with van der Waals surface area (Å²) in [7, 11) is 0. The van der Waals surface area contributed by atoms with Gasteiger partial charge in [0.05, 0.1) is 6.61 Å². The van der Waals surface area contributed by atoms with Crippen LogP contribution in [-0.4, -0.2) is 25.7 Å². The summed E-state index contributed by atoms with van der Waals surface area (Å²) in [5.41, 5.74) is 0. The van der Waals surface area contributed by atoms with Crippen LogP contribution in [0.2, 0.25) is 0 Å². The van der Waals surface area contributed by atoms with Gasteiger partial charge >= 0.3 is 0 Å². The molecule has 1 N–H and O–H groups in total. The van der Waals surface area contributed by atoms with Gasteiger partial charge in [-0.15, -0.1) is 0 Å². The molecule has 4 nitrogen and oxygen atoms in total. The van der Waals surface area contributed by atoms with Crippen molar-refractivity contribution in [1.82, 2.24) is 5.32 Å². The largest absolute Gasteiger partial charge is 0.494 e. The molecule has 1 aromatic rings. The number of carbonyl (C=O) groups excluding carboxylic acids is 1. The molecule has 0 radical (unpaired) electrons. The quantitative estimate of drug-likeness (QED) is 0.707. The molecule has 1 aromatic carbocycles. The number of hydrogen-bond acceptors (Lipinski definition) is 3. The van der Waals surface area contributed by atoms with E-state index in [1.807, 2.05) is 19.1 Å². The zero-order valence-corrected chi connectivity index (χ0v) is 12.6. The van der Waals surface area contributed by atoms with Crippen LogP contribution in [0.3, 0.4) is 0 Å². The fourth-order valence-electron chi connectivity index (χ4n) is 1.74. The summed E-state index contributed by atoms with van der Waals surface area (Å²) in [6, 6.07) is 7.27. The van der Waals surface area contributed by atoms with Crippen molar-refractivity contribution in [2.75, 3.05) is 19.8 Å². The first-order chi connectivity index (χ1) is 9.61. The third-order valence-electron chi connectivity index (χ3n) is 2.79. The van der Waals surface area contributed by atoms with Crippen molar-refractivity contribution in [3.63, 3.8) is 0 Å². The molecule has 0 saturated carbocycles. The normalized spacial score (nSPS) is 10.4. The van der Waals surface area contributed by atoms with Gasteiger partial charge in [0.1, 0.15) is 11.5 Å². The molecule has 112 valence electrons. The Morgan fingerprint density at radius 1 is 1.15 bits per heavy atom. The maximum atomic E-state index is 11.6. The highest BCUT2D eigenvalue weighted by atomic mass is 16.5. The molecule has 20 heavy (non-hydrogen) atoms. The molecular formula is C16H25NO3. The van der Waals surface area contributed by atoms with E-state index in [-0.39, 0.29) is 12.5 Å². The number of nitrogens with one attached hydrogen (secondary N) is 1. The van der Waals surface area contributed by atoms with Crippen molar-refractivity contribution in [3.05, 3.63) is 24.3 Å². The molecule has 0 spiro atoms. The highest BCUT2D eigenvalue weighted by Crippen LogP contribution is 2.17. The van der Waals surface area contributed by atoms with Gasteiger partial charge in [0, 0.05) is 6.54 Å². The van der Waals surface area contributed by atoms with Crippen LogP contribution in [0.5, 0.6) is 11.5 Å². The van der Waals surface area contributed by atoms with Crippen LogP contribution >= 0.6 is 0 Å². The van der Waals surface area contributed by atoms with Crippen LogP contribution in [-0.2, 0) is 4.79 Å². The van der Waals surface area contributed by atoms with Crippen molar-refractivity contribution < 1.29 is 14.3 Å². The molecule has 0 aromatic heterocycles. The first-order valence-electron chi connectivity index (χ1n) is 7.24. The van der Waals surface area contributed by atoms with Gasteiger partial charge in [-0.25, -0.2) is 0 Å². The smallest absolute Gasteiger partial charge is 0.257 e. The zero-order valence-electron chi connectivity index (χ0n) is 12.6. The number of ether oxygens (including phenoxy) is 2. The molecule has 0 bridgehead atoms. The minimum absolute atomic E-state index is 0.0513. The maximum Gasteiger partial charge on any atom is 0.257 e. The molecule has 4 heteroatoms. The van der Waals surface area contributed by atoms with Crippen LogP contribution in [0.15, 0.2) is 24.3 Å². The van der Waals surface area contributed by atoms with Crippen LogP contribution in [0.1, 0.15) is 33.6 Å². The lowest BCUT2D eigenvalue weighted by molar-refractivity contribution is -0.123. The van der Waals surface area contributed by atoms with E-state index in [1.54, 1.807) is 12.1 Å². The Bertz CT molecular complexity index is 387. The first kappa shape index (κ1) is 16.3. The van der Waals surface area contributed by atoms with Gasteiger partial charge in [0.2, 0.25) is 0 Å². The van der Waals surface area contributed by atoms with Crippen molar-refractivity contribution in [1.29, 1.82) is 0 Å². The molecule has 1 amide bonds. The summed E-state index contributed by atoms with van der Waals surface area (Å²) in [5, 5.41) is 2.85. The van der Waals surface area contributed by atoms with Gasteiger partial charge in [0.25, 0.3) is 5.91 Å². The zero-order chi connectivity index (χ0) is 14.8. The topological polar surface area (TPSA) is 47.6 Å². The number of hydrogen-bond donors (Lipinski definition) is 1. The van der Waals surface area contributed by atoms with Crippen molar-refractivity contribution in [2.45, 2.75) is 33.6 Å². The van der Waals surface area contributed by atoms with E-state index in [9.17, 15) is 4.79 Å². The molecule has 0 aliphatic carbocycles. The van der Waals surface area contributed by atoms with E-state index in [1.165, 1.54) is 0 Å². The number of carbonyl (C=O) groups is 1. The second-order valence-corrected chi connectivity index (χ2v) is 5.08. The third kappa shape index (κ3) is 7.02. The van der Waals surface area contributed by atoms with E-state index >= 15 is 0 Å². The monoisotopic (exact) mass is 279 g/mol. The average Bonchev–Trinajstić information content (AvgIpc) is 2.43. The molecule has 0 heterocycles. The Hall–Kier alpha value is -1.71. The molecule has 1 rings (SSSR count). The van der Waals surface area contributed by atoms with Crippen molar-refractivity contribution in [3.8, 4) is 11.5 Å². The summed E-state index contributed by atoms with van der Waals surface area (Å²) in [4.78, 5) is 11.6. The van der Waals surface area contributed by atoms with Crippen LogP contribution in [0.25, 0.3) is 0 Å². The summed E-state index contributed by atoms with van der Waals surface area (Å²) in [6.45, 7) is 7.69. The Labute approximate surface area is 121 Å². The van der Waals surface area contributed by atoms with Gasteiger partial charge in [-0.1, -0.05) is 13.8 Å². The van der Waals surface area contributed by atoms with E-state index < -0.39 is 0 Å². The van der Waals surface area contributed by atoms with Gasteiger partial charge in [0.15, 0.2) is 6.61 Å². The van der Waals surface area contributed by atoms with Crippen molar-refractivity contribution in [2.24, 2.45) is 5.92 Å². The van der Waals surface area contributed by atoms with E-state index in [4.69, 9.17) is 9.47 Å². The van der Waals surface area contributed by atoms with Gasteiger partial charge in [-0.3, -0.25) is 4.79 Å². The van der Waals surface area contributed by atoms with E-state index in [2.05, 4.69) is 19.2 Å². The summed E-state index contributed by atoms with van der Waals surface area (Å²) < 4.78 is 10.7. The Morgan fingerprint density at radius 3 is 2.30 bits per heavy atom. The standard InChI is InChI=1S/C16H25NO3/c1-4-19-14-7-9-15(10-8-14)20-12-16(18)17-11-5-6-13(2)3/h7-10,13H,4-6,11-12H2,1-3H3,(H,17,18). The minimum Gasteiger partial charge on any atom is -0.494 e. The summed E-state index contributed by atoms with van der Waals surface area (Å²) in [5.74, 6) is 2.07. The Morgan fingerprint density at radius 2 is 1.75 bits per heavy atom. The van der Waals surface area contributed by atoms with Gasteiger partial charge in [-0.2, -0.15) is 0 Å². The molecule has 0 aliphatic rings. The Balaban J connectivity index is 2.20. The molecular weight excluding hydrogens is 254 g/mol. The number of benzene rings is 1. The lowest BCUT2D eigenvalue weighted by Crippen LogP contribution is -2.29. The maximum absolute atomic E-state index is 11.6. The highest BCUT2D eigenvalue weighted by molar-refractivity contribution is 5.77. The van der Waals surface area contributed by atoms with E-state index in [0.717, 1.165) is 18.6 Å². The van der Waals surface area contributed by atoms with Gasteiger partial charge in [-0.05, 0) is 49.9 Å². The second kappa shape index (κ2) is 9.23. The summed E-state index contributed by atoms with van der Waals surface area (Å²) >= 11 is 0. The molecule has 0 atom stereocenters. The SMILES string of the molecule is CCOc1ccc(OCC(=O)NCCCC(C)C)cc1. The second-order valence-electron chi connectivity index (χ2n) is 5.08. The predicted octanol–water partition coefficient (Wildman–Crippen LogP) is 3.02. The van der Waals surface area contributed by atoms with Crippen LogP contribution in [0, 0.1) is 5.92 Å².